The average molecular weight is 307 g/mol. The first-order valence-electron chi connectivity index (χ1n) is 6.32. The van der Waals surface area contributed by atoms with E-state index in [1.165, 1.54) is 0 Å². The van der Waals surface area contributed by atoms with Crippen LogP contribution in [0.2, 0.25) is 0 Å². The maximum absolute atomic E-state index is 12.4. The molecule has 0 bridgehead atoms. The van der Waals surface area contributed by atoms with Crippen molar-refractivity contribution in [1.82, 2.24) is 4.98 Å². The van der Waals surface area contributed by atoms with Crippen LogP contribution in [0.3, 0.4) is 0 Å². The van der Waals surface area contributed by atoms with Crippen molar-refractivity contribution in [3.63, 3.8) is 0 Å². The number of rotatable bonds is 1. The third-order valence-electron chi connectivity index (χ3n) is 1.86. The maximum atomic E-state index is 12.4. The van der Waals surface area contributed by atoms with Gasteiger partial charge in [-0.25, -0.2) is 9.78 Å². The molecule has 0 spiro atoms. The number of hydrogen-bond acceptors (Lipinski definition) is 4. The molecule has 0 aliphatic carbocycles. The van der Waals surface area contributed by atoms with Crippen molar-refractivity contribution in [2.24, 2.45) is 0 Å². The summed E-state index contributed by atoms with van der Waals surface area (Å²) in [6, 6.07) is 0.646. The molecule has 0 saturated heterocycles. The average Bonchev–Trinajstić information content (AvgIpc) is 2.30. The number of pyridine rings is 1. The second-order valence-corrected chi connectivity index (χ2v) is 4.78. The van der Waals surface area contributed by atoms with E-state index in [2.05, 4.69) is 10.3 Å². The monoisotopic (exact) mass is 307 g/mol. The van der Waals surface area contributed by atoms with Crippen molar-refractivity contribution in [1.29, 1.82) is 0 Å². The number of halogens is 3. The number of nitrogens with zero attached hydrogens (tertiary/aromatic N) is 1. The summed E-state index contributed by atoms with van der Waals surface area (Å²) in [7, 11) is 0. The minimum absolute atomic E-state index is 0.0396. The number of nitrogen functional groups attached to an aromatic ring is 1. The molecular weight excluding hydrogens is 287 g/mol. The number of nitrogens with two attached hydrogens (primary N) is 1. The highest BCUT2D eigenvalue weighted by molar-refractivity contribution is 5.88. The van der Waals surface area contributed by atoms with E-state index in [9.17, 15) is 18.0 Å². The van der Waals surface area contributed by atoms with E-state index in [-0.39, 0.29) is 11.4 Å². The van der Waals surface area contributed by atoms with Crippen LogP contribution in [-0.4, -0.2) is 16.7 Å². The van der Waals surface area contributed by atoms with Gasteiger partial charge in [0.2, 0.25) is 0 Å². The molecule has 0 radical (unpaired) electrons. The first-order valence-corrected chi connectivity index (χ1v) is 6.32. The molecule has 0 unspecified atom stereocenters. The smallest absolute Gasteiger partial charge is 0.433 e. The van der Waals surface area contributed by atoms with E-state index in [1.54, 1.807) is 20.8 Å². The summed E-state index contributed by atoms with van der Waals surface area (Å²) in [4.78, 5) is 14.6. The number of aromatic nitrogens is 1. The lowest BCUT2D eigenvalue weighted by Gasteiger charge is -2.20. The summed E-state index contributed by atoms with van der Waals surface area (Å²) < 4.78 is 42.0. The Morgan fingerprint density at radius 2 is 1.81 bits per heavy atom. The molecule has 1 heterocycles. The molecule has 8 heteroatoms. The second-order valence-electron chi connectivity index (χ2n) is 4.78. The highest BCUT2D eigenvalue weighted by atomic mass is 19.4. The molecule has 5 nitrogen and oxygen atoms in total. The normalized spacial score (nSPS) is 11.2. The van der Waals surface area contributed by atoms with Gasteiger partial charge in [0, 0.05) is 0 Å². The quantitative estimate of drug-likeness (QED) is 0.820. The number of carbonyl (C=O) groups excluding carboxylic acids is 1. The molecule has 3 N–H and O–H groups in total. The van der Waals surface area contributed by atoms with Gasteiger partial charge in [0.05, 0.1) is 17.6 Å². The summed E-state index contributed by atoms with van der Waals surface area (Å²) in [6.45, 7) is 8.96. The van der Waals surface area contributed by atoms with Crippen molar-refractivity contribution in [2.75, 3.05) is 11.1 Å². The number of amides is 1. The van der Waals surface area contributed by atoms with Crippen LogP contribution < -0.4 is 11.1 Å². The van der Waals surface area contributed by atoms with Gasteiger partial charge in [-0.15, -0.1) is 0 Å². The molecule has 0 aliphatic rings. The van der Waals surface area contributed by atoms with Crippen LogP contribution in [0.15, 0.2) is 12.3 Å². The van der Waals surface area contributed by atoms with Gasteiger partial charge < -0.3 is 10.5 Å². The molecule has 1 aromatic rings. The van der Waals surface area contributed by atoms with Crippen molar-refractivity contribution in [2.45, 2.75) is 46.4 Å². The standard InChI is InChI=1S/C11H14F3N3O2.C2H6/c1-10(2,3)19-9(18)17-7-5-16-8(4-6(7)15)11(12,13)14;1-2/h4-5H,1-3H3,(H2,15,16)(H,17,18);1-2H3. The first kappa shape index (κ1) is 19.0. The summed E-state index contributed by atoms with van der Waals surface area (Å²) >= 11 is 0. The molecule has 0 fully saturated rings. The van der Waals surface area contributed by atoms with Crippen LogP contribution in [0.5, 0.6) is 0 Å². The lowest BCUT2D eigenvalue weighted by molar-refractivity contribution is -0.141. The molecule has 1 aromatic heterocycles. The van der Waals surface area contributed by atoms with Crippen molar-refractivity contribution in [3.05, 3.63) is 18.0 Å². The Labute approximate surface area is 121 Å². The predicted octanol–water partition coefficient (Wildman–Crippen LogP) is 4.06. The number of ether oxygens (including phenoxy) is 1. The van der Waals surface area contributed by atoms with Crippen molar-refractivity contribution >= 4 is 17.5 Å². The molecule has 1 amide bonds. The number of alkyl halides is 3. The third kappa shape index (κ3) is 6.82. The maximum Gasteiger partial charge on any atom is 0.433 e. The number of hydrogen-bond donors (Lipinski definition) is 2. The molecule has 0 saturated carbocycles. The van der Waals surface area contributed by atoms with E-state index < -0.39 is 23.6 Å². The lowest BCUT2D eigenvalue weighted by atomic mass is 10.2. The zero-order valence-corrected chi connectivity index (χ0v) is 12.6. The second kappa shape index (κ2) is 7.14. The summed E-state index contributed by atoms with van der Waals surface area (Å²) in [5, 5.41) is 2.23. The minimum Gasteiger partial charge on any atom is -0.444 e. The highest BCUT2D eigenvalue weighted by Crippen LogP contribution is 2.30. The van der Waals surface area contributed by atoms with Gasteiger partial charge in [0.15, 0.2) is 0 Å². The van der Waals surface area contributed by atoms with Gasteiger partial charge in [-0.3, -0.25) is 5.32 Å². The fourth-order valence-corrected chi connectivity index (χ4v) is 1.14. The molecule has 120 valence electrons. The van der Waals surface area contributed by atoms with Crippen LogP contribution in [0.4, 0.5) is 29.3 Å². The highest BCUT2D eigenvalue weighted by Gasteiger charge is 2.33. The Morgan fingerprint density at radius 1 is 1.29 bits per heavy atom. The molecule has 0 atom stereocenters. The lowest BCUT2D eigenvalue weighted by Crippen LogP contribution is -2.27. The Bertz CT molecular complexity index is 483. The van der Waals surface area contributed by atoms with Crippen LogP contribution in [0, 0.1) is 0 Å². The fourth-order valence-electron chi connectivity index (χ4n) is 1.14. The molecule has 0 aliphatic heterocycles. The number of nitrogens with one attached hydrogen (secondary N) is 1. The van der Waals surface area contributed by atoms with E-state index in [0.29, 0.717) is 6.07 Å². The molecule has 1 rings (SSSR count). The molecular formula is C13H20F3N3O2. The topological polar surface area (TPSA) is 77.2 Å². The molecule has 21 heavy (non-hydrogen) atoms. The molecule has 0 aromatic carbocycles. The summed E-state index contributed by atoms with van der Waals surface area (Å²) in [5.74, 6) is 0. The van der Waals surface area contributed by atoms with E-state index >= 15 is 0 Å². The minimum atomic E-state index is -4.58. The van der Waals surface area contributed by atoms with Crippen LogP contribution in [0.25, 0.3) is 0 Å². The Balaban J connectivity index is 0.00000191. The van der Waals surface area contributed by atoms with Gasteiger partial charge in [0.25, 0.3) is 0 Å². The predicted molar refractivity (Wildman–Crippen MR) is 74.9 cm³/mol. The van der Waals surface area contributed by atoms with Crippen molar-refractivity contribution in [3.8, 4) is 0 Å². The summed E-state index contributed by atoms with van der Waals surface area (Å²) in [6.07, 6.45) is -4.57. The van der Waals surface area contributed by atoms with E-state index in [4.69, 9.17) is 10.5 Å². The van der Waals surface area contributed by atoms with E-state index in [1.807, 2.05) is 13.8 Å². The zero-order chi connectivity index (χ0) is 16.8. The van der Waals surface area contributed by atoms with Gasteiger partial charge in [-0.1, -0.05) is 13.8 Å². The van der Waals surface area contributed by atoms with Crippen molar-refractivity contribution < 1.29 is 22.7 Å². The Morgan fingerprint density at radius 3 is 2.19 bits per heavy atom. The zero-order valence-electron chi connectivity index (χ0n) is 12.6. The Kier molecular flexibility index (Phi) is 6.47. The largest absolute Gasteiger partial charge is 0.444 e. The van der Waals surface area contributed by atoms with Gasteiger partial charge in [-0.2, -0.15) is 13.2 Å². The van der Waals surface area contributed by atoms with Gasteiger partial charge >= 0.3 is 12.3 Å². The third-order valence-corrected chi connectivity index (χ3v) is 1.86. The fraction of sp³-hybridized carbons (Fsp3) is 0.538. The Hall–Kier alpha value is -1.99. The number of carbonyl (C=O) groups is 1. The summed E-state index contributed by atoms with van der Waals surface area (Å²) in [5.41, 5.74) is 3.29. The SMILES string of the molecule is CC.CC(C)(C)OC(=O)Nc1cnc(C(F)(F)F)cc1N. The first-order chi connectivity index (χ1) is 9.49. The van der Waals surface area contributed by atoms with E-state index in [0.717, 1.165) is 6.20 Å². The van der Waals surface area contributed by atoms with Gasteiger partial charge in [-0.05, 0) is 26.8 Å². The van der Waals surface area contributed by atoms with Crippen LogP contribution in [-0.2, 0) is 10.9 Å². The van der Waals surface area contributed by atoms with Crippen LogP contribution >= 0.6 is 0 Å². The van der Waals surface area contributed by atoms with Gasteiger partial charge in [0.1, 0.15) is 11.3 Å². The van der Waals surface area contributed by atoms with Crippen LogP contribution in [0.1, 0.15) is 40.3 Å². The number of anilines is 2.